The number of hydrazone groups is 1. The molecule has 9 nitrogen and oxygen atoms in total. The van der Waals surface area contributed by atoms with Gasteiger partial charge in [0.05, 0.1) is 6.21 Å². The van der Waals surface area contributed by atoms with Gasteiger partial charge < -0.3 is 19.7 Å². The van der Waals surface area contributed by atoms with Gasteiger partial charge >= 0.3 is 0 Å². The number of hydrogen-bond acceptors (Lipinski definition) is 9. The first-order valence-electron chi connectivity index (χ1n) is 8.82. The van der Waals surface area contributed by atoms with E-state index >= 15 is 0 Å². The van der Waals surface area contributed by atoms with Crippen LogP contribution in [0.25, 0.3) is 0 Å². The van der Waals surface area contributed by atoms with E-state index in [1.54, 1.807) is 23.2 Å². The molecule has 2 aromatic carbocycles. The van der Waals surface area contributed by atoms with Crippen LogP contribution in [0, 0.1) is 5.82 Å². The average Bonchev–Trinajstić information content (AvgIpc) is 3.17. The third kappa shape index (κ3) is 5.50. The molecule has 1 aromatic heterocycles. The zero-order valence-corrected chi connectivity index (χ0v) is 18.9. The molecule has 0 spiro atoms. The zero-order chi connectivity index (χ0) is 21.1. The maximum Gasteiger partial charge on any atom is 0.250 e. The van der Waals surface area contributed by atoms with Gasteiger partial charge in [-0.05, 0) is 52.3 Å². The summed E-state index contributed by atoms with van der Waals surface area (Å²) in [4.78, 5) is 14.7. The molecule has 162 valence electrons. The minimum atomic E-state index is -0.323. The first kappa shape index (κ1) is 22.5. The largest absolute Gasteiger partial charge is 0.454 e. The van der Waals surface area contributed by atoms with Crippen LogP contribution in [0.15, 0.2) is 46.0 Å². The number of rotatable bonds is 6. The van der Waals surface area contributed by atoms with Crippen LogP contribution < -0.4 is 25.1 Å². The molecule has 1 aliphatic rings. The van der Waals surface area contributed by atoms with Crippen molar-refractivity contribution in [2.24, 2.45) is 5.10 Å². The van der Waals surface area contributed by atoms with Crippen molar-refractivity contribution in [2.45, 2.75) is 0 Å². The monoisotopic (exact) mass is 509 g/mol. The molecule has 0 radical (unpaired) electrons. The molecule has 0 saturated carbocycles. The van der Waals surface area contributed by atoms with E-state index in [0.717, 1.165) is 10.0 Å². The van der Waals surface area contributed by atoms with Crippen molar-refractivity contribution in [1.82, 2.24) is 15.0 Å². The Kier molecular flexibility index (Phi) is 7.08. The van der Waals surface area contributed by atoms with Crippen molar-refractivity contribution in [3.05, 3.63) is 52.3 Å². The molecule has 0 bridgehead atoms. The van der Waals surface area contributed by atoms with E-state index in [1.807, 2.05) is 26.2 Å². The number of hydrogen-bond donors (Lipinski definition) is 2. The quantitative estimate of drug-likeness (QED) is 0.377. The standard InChI is InChI=1S/C19H17BrFN7O2.ClH/c1-28(2)19-25-17(23-13-5-3-12(21)4-6-13)24-18(26-19)27-22-9-11-7-15-16(8-14(11)20)30-10-29-15;/h3-9H,10H2,1-2H3,(H2,23,24,25,26,27);1H/b22-9-;. The zero-order valence-electron chi connectivity index (χ0n) is 16.5. The summed E-state index contributed by atoms with van der Waals surface area (Å²) in [5.74, 6) is 1.97. The van der Waals surface area contributed by atoms with Gasteiger partial charge in [-0.2, -0.15) is 20.1 Å². The number of ether oxygens (including phenoxy) is 2. The Hall–Kier alpha value is -3.18. The SMILES string of the molecule is CN(C)c1nc(N/N=C\c2cc3c(cc2Br)OCO3)nc(Nc2ccc(F)cc2)n1.Cl. The number of benzene rings is 2. The molecule has 12 heteroatoms. The molecule has 0 aliphatic carbocycles. The van der Waals surface area contributed by atoms with Crippen molar-refractivity contribution in [3.8, 4) is 11.5 Å². The van der Waals surface area contributed by atoms with E-state index in [9.17, 15) is 4.39 Å². The van der Waals surface area contributed by atoms with Crippen LogP contribution in [0.1, 0.15) is 5.56 Å². The fraction of sp³-hybridized carbons (Fsp3) is 0.158. The molecule has 2 N–H and O–H groups in total. The van der Waals surface area contributed by atoms with Gasteiger partial charge in [0.1, 0.15) is 5.82 Å². The van der Waals surface area contributed by atoms with Gasteiger partial charge in [-0.3, -0.25) is 0 Å². The van der Waals surface area contributed by atoms with Crippen LogP contribution in [0.4, 0.5) is 27.9 Å². The van der Waals surface area contributed by atoms with Crippen molar-refractivity contribution in [3.63, 3.8) is 0 Å². The Morgan fingerprint density at radius 3 is 2.45 bits per heavy atom. The third-order valence-corrected chi connectivity index (χ3v) is 4.67. The number of anilines is 4. The van der Waals surface area contributed by atoms with Crippen molar-refractivity contribution >= 4 is 58.1 Å². The predicted molar refractivity (Wildman–Crippen MR) is 123 cm³/mol. The Bertz CT molecular complexity index is 1100. The van der Waals surface area contributed by atoms with Crippen LogP contribution in [-0.4, -0.2) is 42.1 Å². The predicted octanol–water partition coefficient (Wildman–Crippen LogP) is 4.18. The normalized spacial score (nSPS) is 11.9. The lowest BCUT2D eigenvalue weighted by Crippen LogP contribution is -2.15. The Morgan fingerprint density at radius 2 is 1.74 bits per heavy atom. The number of aromatic nitrogens is 3. The summed E-state index contributed by atoms with van der Waals surface area (Å²) in [5, 5.41) is 7.24. The van der Waals surface area contributed by atoms with Gasteiger partial charge in [0.2, 0.25) is 24.6 Å². The van der Waals surface area contributed by atoms with Crippen LogP contribution in [0.5, 0.6) is 11.5 Å². The van der Waals surface area contributed by atoms with Gasteiger partial charge in [-0.1, -0.05) is 0 Å². The molecule has 0 atom stereocenters. The van der Waals surface area contributed by atoms with Crippen molar-refractivity contribution in [2.75, 3.05) is 36.5 Å². The summed E-state index contributed by atoms with van der Waals surface area (Å²) in [7, 11) is 3.63. The molecule has 0 fully saturated rings. The average molecular weight is 511 g/mol. The molecule has 2 heterocycles. The third-order valence-electron chi connectivity index (χ3n) is 3.98. The molecule has 31 heavy (non-hydrogen) atoms. The highest BCUT2D eigenvalue weighted by molar-refractivity contribution is 9.10. The molecule has 0 saturated heterocycles. The summed E-state index contributed by atoms with van der Waals surface area (Å²) in [6.45, 7) is 0.197. The second kappa shape index (κ2) is 9.75. The highest BCUT2D eigenvalue weighted by Crippen LogP contribution is 2.36. The smallest absolute Gasteiger partial charge is 0.250 e. The molecule has 4 rings (SSSR count). The van der Waals surface area contributed by atoms with Crippen LogP contribution in [-0.2, 0) is 0 Å². The van der Waals surface area contributed by atoms with E-state index in [4.69, 9.17) is 9.47 Å². The number of halogens is 3. The van der Waals surface area contributed by atoms with E-state index in [1.165, 1.54) is 12.1 Å². The summed E-state index contributed by atoms with van der Waals surface area (Å²) in [6, 6.07) is 9.53. The lowest BCUT2D eigenvalue weighted by molar-refractivity contribution is 0.174. The fourth-order valence-electron chi connectivity index (χ4n) is 2.52. The van der Waals surface area contributed by atoms with Crippen molar-refractivity contribution in [1.29, 1.82) is 0 Å². The minimum Gasteiger partial charge on any atom is -0.454 e. The fourth-order valence-corrected chi connectivity index (χ4v) is 2.95. The molecule has 1 aliphatic heterocycles. The maximum absolute atomic E-state index is 13.1. The van der Waals surface area contributed by atoms with Crippen LogP contribution in [0.2, 0.25) is 0 Å². The van der Waals surface area contributed by atoms with Gasteiger partial charge in [0.25, 0.3) is 0 Å². The first-order chi connectivity index (χ1) is 14.5. The summed E-state index contributed by atoms with van der Waals surface area (Å²) in [5.41, 5.74) is 4.24. The van der Waals surface area contributed by atoms with Gasteiger partial charge in [-0.15, -0.1) is 12.4 Å². The van der Waals surface area contributed by atoms with Crippen LogP contribution in [0.3, 0.4) is 0 Å². The van der Waals surface area contributed by atoms with E-state index < -0.39 is 0 Å². The second-order valence-electron chi connectivity index (χ2n) is 6.41. The number of nitrogens with zero attached hydrogens (tertiary/aromatic N) is 5. The highest BCUT2D eigenvalue weighted by atomic mass is 79.9. The highest BCUT2D eigenvalue weighted by Gasteiger charge is 2.15. The first-order valence-corrected chi connectivity index (χ1v) is 9.61. The summed E-state index contributed by atoms with van der Waals surface area (Å²) in [6.07, 6.45) is 1.61. The molecule has 3 aromatic rings. The van der Waals surface area contributed by atoms with Gasteiger partial charge in [-0.25, -0.2) is 9.82 Å². The second-order valence-corrected chi connectivity index (χ2v) is 7.26. The summed E-state index contributed by atoms with van der Waals surface area (Å²) < 4.78 is 24.7. The Labute approximate surface area is 192 Å². The maximum atomic E-state index is 13.1. The number of fused-ring (bicyclic) bond motifs is 1. The van der Waals surface area contributed by atoms with E-state index in [2.05, 4.69) is 46.7 Å². The lowest BCUT2D eigenvalue weighted by atomic mass is 10.2. The van der Waals surface area contributed by atoms with Gasteiger partial charge in [0, 0.05) is 29.8 Å². The molecular formula is C19H18BrClFN7O2. The summed E-state index contributed by atoms with van der Waals surface area (Å²) >= 11 is 3.48. The molecule has 0 unspecified atom stereocenters. The van der Waals surface area contributed by atoms with E-state index in [-0.39, 0.29) is 31.0 Å². The van der Waals surface area contributed by atoms with E-state index in [0.29, 0.717) is 29.1 Å². The topological polar surface area (TPSA) is 96.8 Å². The molecule has 0 amide bonds. The molecular weight excluding hydrogens is 493 g/mol. The van der Waals surface area contributed by atoms with Crippen molar-refractivity contribution < 1.29 is 13.9 Å². The Morgan fingerprint density at radius 1 is 1.06 bits per heavy atom. The van der Waals surface area contributed by atoms with Crippen LogP contribution >= 0.6 is 28.3 Å². The Balaban J connectivity index is 0.00000272. The minimum absolute atomic E-state index is 0. The lowest BCUT2D eigenvalue weighted by Gasteiger charge is -2.13. The number of nitrogens with one attached hydrogen (secondary N) is 2. The van der Waals surface area contributed by atoms with Gasteiger partial charge in [0.15, 0.2) is 11.5 Å².